The zero-order chi connectivity index (χ0) is 16.0. The number of carbonyl (C=O) groups is 1. The lowest BCUT2D eigenvalue weighted by molar-refractivity contribution is 0.184. The first-order chi connectivity index (χ1) is 11.1. The van der Waals surface area contributed by atoms with Crippen molar-refractivity contribution in [1.82, 2.24) is 19.7 Å². The number of nitrogens with one attached hydrogen (secondary N) is 1. The molecule has 3 heterocycles. The number of halogens is 1. The van der Waals surface area contributed by atoms with Crippen molar-refractivity contribution >= 4 is 23.3 Å². The number of hydrogen-bond donors (Lipinski definition) is 1. The van der Waals surface area contributed by atoms with Gasteiger partial charge in [-0.3, -0.25) is 0 Å². The highest BCUT2D eigenvalue weighted by Gasteiger charge is 2.40. The average molecular weight is 332 g/mol. The number of aryl methyl sites for hydroxylation is 1. The molecule has 2 aliphatic heterocycles. The molecule has 2 amide bonds. The predicted molar refractivity (Wildman–Crippen MR) is 87.6 cm³/mol. The molecule has 1 aromatic heterocycles. The number of urea groups is 1. The molecule has 1 aromatic carbocycles. The molecule has 6 nitrogen and oxygen atoms in total. The van der Waals surface area contributed by atoms with E-state index in [2.05, 4.69) is 20.1 Å². The second-order valence-corrected chi connectivity index (χ2v) is 6.65. The number of aromatic nitrogens is 3. The number of fused-ring (bicyclic) bond motifs is 3. The molecule has 4 rings (SSSR count). The van der Waals surface area contributed by atoms with Crippen molar-refractivity contribution in [3.05, 3.63) is 40.9 Å². The fraction of sp³-hybridized carbons (Fsp3) is 0.438. The minimum absolute atomic E-state index is 0.0591. The van der Waals surface area contributed by atoms with Gasteiger partial charge in [-0.1, -0.05) is 17.7 Å². The lowest BCUT2D eigenvalue weighted by atomic mass is 10.1. The van der Waals surface area contributed by atoms with Crippen molar-refractivity contribution in [3.8, 4) is 0 Å². The van der Waals surface area contributed by atoms with Gasteiger partial charge in [0.1, 0.15) is 11.6 Å². The molecule has 0 spiro atoms. The van der Waals surface area contributed by atoms with Gasteiger partial charge in [-0.25, -0.2) is 4.79 Å². The van der Waals surface area contributed by atoms with Crippen LogP contribution in [0.4, 0.5) is 10.5 Å². The third-order valence-corrected chi connectivity index (χ3v) is 4.99. The van der Waals surface area contributed by atoms with E-state index < -0.39 is 0 Å². The molecule has 7 heteroatoms. The van der Waals surface area contributed by atoms with Crippen LogP contribution in [0.15, 0.2) is 24.3 Å². The van der Waals surface area contributed by atoms with E-state index >= 15 is 0 Å². The number of amides is 2. The Morgan fingerprint density at radius 2 is 2.13 bits per heavy atom. The lowest BCUT2D eigenvalue weighted by Gasteiger charge is -2.28. The van der Waals surface area contributed by atoms with Gasteiger partial charge in [0, 0.05) is 29.7 Å². The topological polar surface area (TPSA) is 63.1 Å². The maximum Gasteiger partial charge on any atom is 0.322 e. The summed E-state index contributed by atoms with van der Waals surface area (Å²) in [5, 5.41) is 12.0. The SMILES string of the molecule is Cc1nnc2n1CC1CCC(C2)N1C(=O)Nc1cccc(Cl)c1. The summed E-state index contributed by atoms with van der Waals surface area (Å²) in [7, 11) is 0. The predicted octanol–water partition coefficient (Wildman–Crippen LogP) is 2.86. The molecule has 1 saturated heterocycles. The number of nitrogens with zero attached hydrogens (tertiary/aromatic N) is 4. The van der Waals surface area contributed by atoms with Gasteiger partial charge in [-0.15, -0.1) is 10.2 Å². The number of benzene rings is 1. The third kappa shape index (κ3) is 2.57. The summed E-state index contributed by atoms with van der Waals surface area (Å²) in [5.41, 5.74) is 0.724. The molecule has 0 saturated carbocycles. The standard InChI is InChI=1S/C16H18ClN5O/c1-10-19-20-15-8-13-5-6-14(9-21(10)15)22(13)16(23)18-12-4-2-3-11(17)7-12/h2-4,7,13-14H,5-6,8-9H2,1H3,(H,18,23). The first kappa shape index (κ1) is 14.5. The second kappa shape index (κ2) is 5.53. The Hall–Kier alpha value is -2.08. The largest absolute Gasteiger partial charge is 0.322 e. The van der Waals surface area contributed by atoms with Gasteiger partial charge in [0.05, 0.1) is 6.04 Å². The fourth-order valence-electron chi connectivity index (χ4n) is 3.66. The van der Waals surface area contributed by atoms with Crippen LogP contribution in [0.1, 0.15) is 24.5 Å². The van der Waals surface area contributed by atoms with Crippen molar-refractivity contribution in [2.45, 2.75) is 44.8 Å². The van der Waals surface area contributed by atoms with Crippen LogP contribution in [0.25, 0.3) is 0 Å². The average Bonchev–Trinajstić information content (AvgIpc) is 2.99. The van der Waals surface area contributed by atoms with Crippen molar-refractivity contribution in [2.75, 3.05) is 5.32 Å². The van der Waals surface area contributed by atoms with Gasteiger partial charge < -0.3 is 14.8 Å². The Labute approximate surface area is 139 Å². The summed E-state index contributed by atoms with van der Waals surface area (Å²) in [6.07, 6.45) is 2.80. The van der Waals surface area contributed by atoms with Crippen LogP contribution in [0.2, 0.25) is 5.02 Å². The molecule has 0 radical (unpaired) electrons. The summed E-state index contributed by atoms with van der Waals surface area (Å²) in [6.45, 7) is 2.74. The Morgan fingerprint density at radius 3 is 2.96 bits per heavy atom. The molecule has 1 fully saturated rings. The van der Waals surface area contributed by atoms with E-state index in [0.717, 1.165) is 43.1 Å². The van der Waals surface area contributed by atoms with E-state index in [4.69, 9.17) is 11.6 Å². The van der Waals surface area contributed by atoms with E-state index in [1.54, 1.807) is 12.1 Å². The smallest absolute Gasteiger partial charge is 0.316 e. The number of carbonyl (C=O) groups excluding carboxylic acids is 1. The van der Waals surface area contributed by atoms with Crippen LogP contribution in [0.5, 0.6) is 0 Å². The zero-order valence-electron chi connectivity index (χ0n) is 12.9. The normalized spacial score (nSPS) is 22.6. The third-order valence-electron chi connectivity index (χ3n) is 4.75. The van der Waals surface area contributed by atoms with Gasteiger partial charge >= 0.3 is 6.03 Å². The summed E-state index contributed by atoms with van der Waals surface area (Å²) in [5.74, 6) is 1.90. The molecule has 2 aromatic rings. The molecule has 2 unspecified atom stereocenters. The van der Waals surface area contributed by atoms with Crippen molar-refractivity contribution in [3.63, 3.8) is 0 Å². The van der Waals surface area contributed by atoms with Crippen LogP contribution in [-0.2, 0) is 13.0 Å². The van der Waals surface area contributed by atoms with Crippen LogP contribution in [0, 0.1) is 6.92 Å². The maximum atomic E-state index is 12.8. The molecule has 120 valence electrons. The summed E-state index contributed by atoms with van der Waals surface area (Å²) >= 11 is 5.99. The lowest BCUT2D eigenvalue weighted by Crippen LogP contribution is -2.44. The molecular weight excluding hydrogens is 314 g/mol. The van der Waals surface area contributed by atoms with Crippen LogP contribution in [0.3, 0.4) is 0 Å². The van der Waals surface area contributed by atoms with Crippen molar-refractivity contribution < 1.29 is 4.79 Å². The van der Waals surface area contributed by atoms with E-state index in [0.29, 0.717) is 5.02 Å². The Balaban J connectivity index is 1.57. The van der Waals surface area contributed by atoms with E-state index in [-0.39, 0.29) is 18.1 Å². The molecule has 0 aliphatic carbocycles. The number of hydrogen-bond acceptors (Lipinski definition) is 3. The van der Waals surface area contributed by atoms with Gasteiger partial charge in [-0.2, -0.15) is 0 Å². The maximum absolute atomic E-state index is 12.8. The quantitative estimate of drug-likeness (QED) is 0.874. The number of rotatable bonds is 1. The Bertz CT molecular complexity index is 759. The Kier molecular flexibility index (Phi) is 3.49. The van der Waals surface area contributed by atoms with E-state index in [1.807, 2.05) is 24.0 Å². The second-order valence-electron chi connectivity index (χ2n) is 6.21. The van der Waals surface area contributed by atoms with Crippen LogP contribution in [-0.4, -0.2) is 37.8 Å². The van der Waals surface area contributed by atoms with Crippen molar-refractivity contribution in [1.29, 1.82) is 0 Å². The zero-order valence-corrected chi connectivity index (χ0v) is 13.6. The minimum Gasteiger partial charge on any atom is -0.316 e. The number of anilines is 1. The first-order valence-electron chi connectivity index (χ1n) is 7.85. The summed E-state index contributed by atoms with van der Waals surface area (Å²) in [4.78, 5) is 14.8. The fourth-order valence-corrected chi connectivity index (χ4v) is 3.85. The summed E-state index contributed by atoms with van der Waals surface area (Å²) in [6, 6.07) is 7.55. The van der Waals surface area contributed by atoms with Gasteiger partial charge in [0.25, 0.3) is 0 Å². The van der Waals surface area contributed by atoms with Crippen LogP contribution >= 0.6 is 11.6 Å². The minimum atomic E-state index is -0.0591. The van der Waals surface area contributed by atoms with Crippen LogP contribution < -0.4 is 5.32 Å². The molecular formula is C16H18ClN5O. The highest BCUT2D eigenvalue weighted by molar-refractivity contribution is 6.30. The molecule has 2 bridgehead atoms. The molecule has 2 aliphatic rings. The van der Waals surface area contributed by atoms with Crippen molar-refractivity contribution in [2.24, 2.45) is 0 Å². The van der Waals surface area contributed by atoms with E-state index in [9.17, 15) is 4.79 Å². The highest BCUT2D eigenvalue weighted by Crippen LogP contribution is 2.32. The first-order valence-corrected chi connectivity index (χ1v) is 8.23. The molecule has 2 atom stereocenters. The van der Waals surface area contributed by atoms with Gasteiger partial charge in [0.15, 0.2) is 0 Å². The highest BCUT2D eigenvalue weighted by atomic mass is 35.5. The van der Waals surface area contributed by atoms with E-state index in [1.165, 1.54) is 0 Å². The summed E-state index contributed by atoms with van der Waals surface area (Å²) < 4.78 is 2.14. The van der Waals surface area contributed by atoms with Gasteiger partial charge in [-0.05, 0) is 38.0 Å². The molecule has 1 N–H and O–H groups in total. The molecule has 23 heavy (non-hydrogen) atoms. The Morgan fingerprint density at radius 1 is 1.30 bits per heavy atom. The van der Waals surface area contributed by atoms with Gasteiger partial charge in [0.2, 0.25) is 0 Å². The monoisotopic (exact) mass is 331 g/mol.